The molecule has 3 aromatic rings. The van der Waals surface area contributed by atoms with Crippen molar-refractivity contribution in [3.63, 3.8) is 0 Å². The predicted octanol–water partition coefficient (Wildman–Crippen LogP) is 3.64. The number of halogens is 1. The molecule has 2 aromatic heterocycles. The van der Waals surface area contributed by atoms with Gasteiger partial charge in [0, 0.05) is 23.5 Å². The van der Waals surface area contributed by atoms with E-state index in [9.17, 15) is 15.0 Å². The standard InChI is InChI=1S/C22H25ClN4O3/c1-13-5-4-6-14(7-13)19(12-28)26-21(29)18-8-15(10-24-18)16-9-20(25-11-17(16)23)27-22(2,3)30/h4-11,19,24,28,30H,12H2,1-3H3,(H,25,27)(H,26,29)/t19-/m1/s1. The fraction of sp³-hybridized carbons (Fsp3) is 0.273. The van der Waals surface area contributed by atoms with Crippen molar-refractivity contribution < 1.29 is 15.0 Å². The molecular formula is C22H25ClN4O3. The van der Waals surface area contributed by atoms with Crippen molar-refractivity contribution in [2.75, 3.05) is 11.9 Å². The molecular weight excluding hydrogens is 404 g/mol. The lowest BCUT2D eigenvalue weighted by atomic mass is 10.0. The van der Waals surface area contributed by atoms with Crippen LogP contribution in [0.25, 0.3) is 11.1 Å². The monoisotopic (exact) mass is 428 g/mol. The van der Waals surface area contributed by atoms with E-state index in [-0.39, 0.29) is 12.5 Å². The van der Waals surface area contributed by atoms with Gasteiger partial charge in [-0.05, 0) is 38.5 Å². The third kappa shape index (κ3) is 5.38. The number of carbonyl (C=O) groups excluding carboxylic acids is 1. The largest absolute Gasteiger partial charge is 0.394 e. The number of benzene rings is 1. The van der Waals surface area contributed by atoms with E-state index in [4.69, 9.17) is 11.6 Å². The molecule has 0 aliphatic rings. The van der Waals surface area contributed by atoms with Gasteiger partial charge < -0.3 is 25.8 Å². The van der Waals surface area contributed by atoms with Crippen molar-refractivity contribution in [2.45, 2.75) is 32.5 Å². The number of pyridine rings is 1. The van der Waals surface area contributed by atoms with Crippen molar-refractivity contribution in [2.24, 2.45) is 0 Å². The number of nitrogens with zero attached hydrogens (tertiary/aromatic N) is 1. The zero-order valence-corrected chi connectivity index (χ0v) is 17.8. The first kappa shape index (κ1) is 21.8. The Morgan fingerprint density at radius 3 is 2.73 bits per heavy atom. The highest BCUT2D eigenvalue weighted by molar-refractivity contribution is 6.33. The number of aromatic nitrogens is 2. The fourth-order valence-corrected chi connectivity index (χ4v) is 3.29. The first-order chi connectivity index (χ1) is 14.2. The third-order valence-electron chi connectivity index (χ3n) is 4.46. The number of amides is 1. The van der Waals surface area contributed by atoms with E-state index in [0.717, 1.165) is 11.1 Å². The number of aliphatic hydroxyl groups excluding tert-OH is 1. The Morgan fingerprint density at radius 1 is 1.30 bits per heavy atom. The average Bonchev–Trinajstić information content (AvgIpc) is 3.16. The van der Waals surface area contributed by atoms with Gasteiger partial charge >= 0.3 is 0 Å². The van der Waals surface area contributed by atoms with Crippen molar-refractivity contribution in [1.29, 1.82) is 0 Å². The van der Waals surface area contributed by atoms with Crippen molar-refractivity contribution in [3.05, 3.63) is 70.6 Å². The normalized spacial score (nSPS) is 12.5. The molecule has 0 aliphatic heterocycles. The molecule has 0 saturated heterocycles. The third-order valence-corrected chi connectivity index (χ3v) is 4.76. The van der Waals surface area contributed by atoms with Crippen LogP contribution in [0.4, 0.5) is 5.82 Å². The van der Waals surface area contributed by atoms with Gasteiger partial charge in [-0.2, -0.15) is 0 Å². The molecule has 5 N–H and O–H groups in total. The predicted molar refractivity (Wildman–Crippen MR) is 117 cm³/mol. The van der Waals surface area contributed by atoms with Crippen LogP contribution in [0.15, 0.2) is 48.8 Å². The van der Waals surface area contributed by atoms with E-state index in [1.165, 1.54) is 6.20 Å². The molecule has 0 bridgehead atoms. The van der Waals surface area contributed by atoms with Gasteiger partial charge in [0.15, 0.2) is 0 Å². The number of hydrogen-bond donors (Lipinski definition) is 5. The van der Waals surface area contributed by atoms with E-state index >= 15 is 0 Å². The van der Waals surface area contributed by atoms with Crippen LogP contribution in [0.5, 0.6) is 0 Å². The summed E-state index contributed by atoms with van der Waals surface area (Å²) in [4.78, 5) is 19.8. The number of H-pyrrole nitrogens is 1. The quantitative estimate of drug-likeness (QED) is 0.369. The van der Waals surface area contributed by atoms with Gasteiger partial charge in [0.1, 0.15) is 17.2 Å². The highest BCUT2D eigenvalue weighted by Gasteiger charge is 2.18. The van der Waals surface area contributed by atoms with E-state index < -0.39 is 11.8 Å². The fourth-order valence-electron chi connectivity index (χ4n) is 3.08. The summed E-state index contributed by atoms with van der Waals surface area (Å²) in [5.74, 6) is 0.107. The summed E-state index contributed by atoms with van der Waals surface area (Å²) < 4.78 is 0. The molecule has 2 heterocycles. The second-order valence-corrected chi connectivity index (χ2v) is 8.07. The van der Waals surface area contributed by atoms with Crippen LogP contribution in [0, 0.1) is 6.92 Å². The lowest BCUT2D eigenvalue weighted by molar-refractivity contribution is 0.0911. The van der Waals surface area contributed by atoms with Crippen LogP contribution in [0.3, 0.4) is 0 Å². The molecule has 30 heavy (non-hydrogen) atoms. The number of carbonyl (C=O) groups is 1. The Balaban J connectivity index is 1.80. The molecule has 7 nitrogen and oxygen atoms in total. The minimum Gasteiger partial charge on any atom is -0.394 e. The highest BCUT2D eigenvalue weighted by atomic mass is 35.5. The SMILES string of the molecule is Cc1cccc([C@@H](CO)NC(=O)c2cc(-c3cc(NC(C)(C)O)ncc3Cl)c[nH]2)c1. The smallest absolute Gasteiger partial charge is 0.268 e. The highest BCUT2D eigenvalue weighted by Crippen LogP contribution is 2.30. The molecule has 1 amide bonds. The number of aryl methyl sites for hydroxylation is 1. The minimum atomic E-state index is -1.14. The molecule has 1 aromatic carbocycles. The first-order valence-corrected chi connectivity index (χ1v) is 9.87. The number of aliphatic hydroxyl groups is 2. The number of hydrogen-bond acceptors (Lipinski definition) is 5. The number of rotatable bonds is 7. The second kappa shape index (κ2) is 8.87. The van der Waals surface area contributed by atoms with E-state index in [0.29, 0.717) is 27.7 Å². The van der Waals surface area contributed by atoms with Gasteiger partial charge in [-0.3, -0.25) is 4.79 Å². The van der Waals surface area contributed by atoms with Gasteiger partial charge in [0.05, 0.1) is 17.7 Å². The van der Waals surface area contributed by atoms with Gasteiger partial charge in [-0.1, -0.05) is 41.4 Å². The number of aromatic amines is 1. The van der Waals surface area contributed by atoms with E-state index in [2.05, 4.69) is 20.6 Å². The van der Waals surface area contributed by atoms with Crippen LogP contribution in [-0.2, 0) is 0 Å². The maximum atomic E-state index is 12.7. The van der Waals surface area contributed by atoms with Crippen molar-refractivity contribution in [3.8, 4) is 11.1 Å². The van der Waals surface area contributed by atoms with E-state index in [1.54, 1.807) is 32.2 Å². The molecule has 0 aliphatic carbocycles. The molecule has 8 heteroatoms. The van der Waals surface area contributed by atoms with Crippen LogP contribution < -0.4 is 10.6 Å². The summed E-state index contributed by atoms with van der Waals surface area (Å²) in [6.45, 7) is 4.95. The number of anilines is 1. The van der Waals surface area contributed by atoms with Crippen LogP contribution in [0.2, 0.25) is 5.02 Å². The van der Waals surface area contributed by atoms with Crippen molar-refractivity contribution >= 4 is 23.3 Å². The molecule has 3 rings (SSSR count). The molecule has 1 atom stereocenters. The summed E-state index contributed by atoms with van der Waals surface area (Å²) in [6, 6.07) is 10.5. The van der Waals surface area contributed by atoms with Crippen molar-refractivity contribution in [1.82, 2.24) is 15.3 Å². The summed E-state index contributed by atoms with van der Waals surface area (Å²) in [5, 5.41) is 25.8. The Bertz CT molecular complexity index is 1040. The molecule has 0 unspecified atom stereocenters. The zero-order valence-electron chi connectivity index (χ0n) is 17.0. The van der Waals surface area contributed by atoms with Gasteiger partial charge in [0.2, 0.25) is 0 Å². The molecule has 158 valence electrons. The maximum absolute atomic E-state index is 12.7. The van der Waals surface area contributed by atoms with E-state index in [1.807, 2.05) is 31.2 Å². The molecule has 0 radical (unpaired) electrons. The topological polar surface area (TPSA) is 110 Å². The summed E-state index contributed by atoms with van der Waals surface area (Å²) in [6.07, 6.45) is 3.15. The molecule has 0 spiro atoms. The average molecular weight is 429 g/mol. The summed E-state index contributed by atoms with van der Waals surface area (Å²) in [5.41, 5.74) is 2.42. The first-order valence-electron chi connectivity index (χ1n) is 9.49. The Morgan fingerprint density at radius 2 is 2.07 bits per heavy atom. The van der Waals surface area contributed by atoms with Gasteiger partial charge in [-0.25, -0.2) is 4.98 Å². The van der Waals surface area contributed by atoms with Gasteiger partial charge in [-0.15, -0.1) is 0 Å². The van der Waals surface area contributed by atoms with Gasteiger partial charge in [0.25, 0.3) is 5.91 Å². The van der Waals surface area contributed by atoms with Crippen LogP contribution >= 0.6 is 11.6 Å². The Hall–Kier alpha value is -2.87. The lowest BCUT2D eigenvalue weighted by Gasteiger charge is -2.20. The zero-order chi connectivity index (χ0) is 21.9. The summed E-state index contributed by atoms with van der Waals surface area (Å²) in [7, 11) is 0. The Labute approximate surface area is 180 Å². The van der Waals surface area contributed by atoms with Crippen LogP contribution in [-0.4, -0.2) is 38.4 Å². The Kier molecular flexibility index (Phi) is 6.45. The summed E-state index contributed by atoms with van der Waals surface area (Å²) >= 11 is 6.29. The number of nitrogens with one attached hydrogen (secondary N) is 3. The second-order valence-electron chi connectivity index (χ2n) is 7.66. The molecule has 0 saturated carbocycles. The van der Waals surface area contributed by atoms with Crippen LogP contribution in [0.1, 0.15) is 41.5 Å². The minimum absolute atomic E-state index is 0.217. The molecule has 0 fully saturated rings. The maximum Gasteiger partial charge on any atom is 0.268 e. The lowest BCUT2D eigenvalue weighted by Crippen LogP contribution is -2.31.